The van der Waals surface area contributed by atoms with Crippen molar-refractivity contribution in [1.29, 1.82) is 0 Å². The maximum atomic E-state index is 11.2. The fraction of sp³-hybridized carbons (Fsp3) is 0.556. The van der Waals surface area contributed by atoms with Gasteiger partial charge < -0.3 is 9.84 Å². The van der Waals surface area contributed by atoms with Gasteiger partial charge in [-0.2, -0.15) is 0 Å². The number of aliphatic carboxylic acids is 1. The molecule has 0 aliphatic heterocycles. The van der Waals surface area contributed by atoms with Gasteiger partial charge in [-0.25, -0.2) is 9.59 Å². The van der Waals surface area contributed by atoms with Crippen molar-refractivity contribution in [2.45, 2.75) is 19.4 Å². The summed E-state index contributed by atoms with van der Waals surface area (Å²) in [7, 11) is 1.37. The number of hydrogen-bond donors (Lipinski definition) is 1. The molecule has 0 saturated heterocycles. The van der Waals surface area contributed by atoms with Gasteiger partial charge >= 0.3 is 12.1 Å². The number of hydrogen-bond acceptors (Lipinski definition) is 3. The highest BCUT2D eigenvalue weighted by Crippen LogP contribution is 2.13. The van der Waals surface area contributed by atoms with Crippen LogP contribution in [0, 0.1) is 0 Å². The Morgan fingerprint density at radius 1 is 1.57 bits per heavy atom. The van der Waals surface area contributed by atoms with Crippen LogP contribution in [0.4, 0.5) is 4.79 Å². The molecular weight excluding hydrogens is 186 g/mol. The number of likely N-dealkylation sites (N-methyl/N-ethyl adjacent to an activating group) is 1. The molecule has 0 aromatic carbocycles. The Kier molecular flexibility index (Phi) is 4.14. The van der Waals surface area contributed by atoms with E-state index < -0.39 is 17.6 Å². The van der Waals surface area contributed by atoms with Crippen molar-refractivity contribution in [2.24, 2.45) is 0 Å². The van der Waals surface area contributed by atoms with Gasteiger partial charge in [-0.3, -0.25) is 4.90 Å². The van der Waals surface area contributed by atoms with Gasteiger partial charge in [0.2, 0.25) is 0 Å². The number of nitrogens with zero attached hydrogens (tertiary/aromatic N) is 1. The molecule has 14 heavy (non-hydrogen) atoms. The normalized spacial score (nSPS) is 10.5. The van der Waals surface area contributed by atoms with Gasteiger partial charge in [0.1, 0.15) is 12.1 Å². The lowest BCUT2D eigenvalue weighted by atomic mass is 10.1. The molecular formula is C9H15NO4. The molecule has 0 unspecified atom stereocenters. The standard InChI is InChI=1S/C9H15NO4/c1-5-6-14-8(13)10(4)9(2,3)7(11)12/h5H,1,6H2,2-4H3,(H,11,12). The molecule has 0 heterocycles. The van der Waals surface area contributed by atoms with Crippen molar-refractivity contribution in [1.82, 2.24) is 4.90 Å². The molecule has 0 aliphatic carbocycles. The molecule has 0 bridgehead atoms. The largest absolute Gasteiger partial charge is 0.480 e. The summed E-state index contributed by atoms with van der Waals surface area (Å²) in [5.41, 5.74) is -1.28. The first-order valence-corrected chi connectivity index (χ1v) is 4.09. The molecule has 5 nitrogen and oxygen atoms in total. The topological polar surface area (TPSA) is 66.8 Å². The van der Waals surface area contributed by atoms with Crippen LogP contribution >= 0.6 is 0 Å². The zero-order valence-corrected chi connectivity index (χ0v) is 8.61. The summed E-state index contributed by atoms with van der Waals surface area (Å²) in [5, 5.41) is 8.82. The van der Waals surface area contributed by atoms with Crippen molar-refractivity contribution in [3.8, 4) is 0 Å². The van der Waals surface area contributed by atoms with Crippen LogP contribution in [0.25, 0.3) is 0 Å². The van der Waals surface area contributed by atoms with Crippen molar-refractivity contribution in [2.75, 3.05) is 13.7 Å². The van der Waals surface area contributed by atoms with Gasteiger partial charge in [0.25, 0.3) is 0 Å². The number of carboxylic acid groups (broad SMARTS) is 1. The predicted octanol–water partition coefficient (Wildman–Crippen LogP) is 1.10. The summed E-state index contributed by atoms with van der Waals surface area (Å²) in [6.07, 6.45) is 0.733. The molecule has 0 atom stereocenters. The minimum atomic E-state index is -1.28. The fourth-order valence-corrected chi connectivity index (χ4v) is 0.599. The Morgan fingerprint density at radius 3 is 2.43 bits per heavy atom. The zero-order valence-electron chi connectivity index (χ0n) is 8.61. The first-order valence-electron chi connectivity index (χ1n) is 4.09. The lowest BCUT2D eigenvalue weighted by molar-refractivity contribution is -0.147. The van der Waals surface area contributed by atoms with Gasteiger partial charge in [-0.1, -0.05) is 12.7 Å². The Balaban J connectivity index is 4.44. The number of carboxylic acids is 1. The second-order valence-electron chi connectivity index (χ2n) is 3.29. The Morgan fingerprint density at radius 2 is 2.07 bits per heavy atom. The molecule has 80 valence electrons. The maximum Gasteiger partial charge on any atom is 0.410 e. The minimum absolute atomic E-state index is 0.0683. The molecule has 0 fully saturated rings. The van der Waals surface area contributed by atoms with Crippen LogP contribution in [0.1, 0.15) is 13.8 Å². The Bertz CT molecular complexity index is 247. The highest BCUT2D eigenvalue weighted by Gasteiger charge is 2.35. The summed E-state index contributed by atoms with van der Waals surface area (Å²) in [6, 6.07) is 0. The van der Waals surface area contributed by atoms with Crippen LogP contribution in [0.5, 0.6) is 0 Å². The van der Waals surface area contributed by atoms with Crippen LogP contribution in [0.15, 0.2) is 12.7 Å². The van der Waals surface area contributed by atoms with Gasteiger partial charge in [-0.15, -0.1) is 0 Å². The predicted molar refractivity (Wildman–Crippen MR) is 51.0 cm³/mol. The summed E-state index contributed by atoms with van der Waals surface area (Å²) in [4.78, 5) is 23.0. The summed E-state index contributed by atoms with van der Waals surface area (Å²) in [6.45, 7) is 6.29. The quantitative estimate of drug-likeness (QED) is 0.692. The maximum absolute atomic E-state index is 11.2. The SMILES string of the molecule is C=CCOC(=O)N(C)C(C)(C)C(=O)O. The number of ether oxygens (including phenoxy) is 1. The average Bonchev–Trinajstić information content (AvgIpc) is 2.12. The number of carbonyl (C=O) groups is 2. The summed E-state index contributed by atoms with van der Waals surface area (Å²) < 4.78 is 4.70. The van der Waals surface area contributed by atoms with E-state index in [0.29, 0.717) is 0 Å². The highest BCUT2D eigenvalue weighted by atomic mass is 16.6. The Hall–Kier alpha value is -1.52. The van der Waals surface area contributed by atoms with Crippen LogP contribution in [0.2, 0.25) is 0 Å². The van der Waals surface area contributed by atoms with E-state index in [1.807, 2.05) is 0 Å². The van der Waals surface area contributed by atoms with Gasteiger partial charge in [-0.05, 0) is 13.8 Å². The van der Waals surface area contributed by atoms with Crippen molar-refractivity contribution >= 4 is 12.1 Å². The van der Waals surface area contributed by atoms with E-state index in [9.17, 15) is 9.59 Å². The van der Waals surface area contributed by atoms with Gasteiger partial charge in [0.05, 0.1) is 0 Å². The highest BCUT2D eigenvalue weighted by molar-refractivity contribution is 5.83. The van der Waals surface area contributed by atoms with E-state index in [2.05, 4.69) is 6.58 Å². The van der Waals surface area contributed by atoms with E-state index in [4.69, 9.17) is 9.84 Å². The number of carbonyl (C=O) groups excluding carboxylic acids is 1. The molecule has 0 spiro atoms. The van der Waals surface area contributed by atoms with E-state index in [1.165, 1.54) is 27.0 Å². The summed E-state index contributed by atoms with van der Waals surface area (Å²) in [5.74, 6) is -1.09. The Labute approximate surface area is 83.0 Å². The van der Waals surface area contributed by atoms with Crippen LogP contribution in [-0.4, -0.2) is 41.3 Å². The van der Waals surface area contributed by atoms with E-state index in [1.54, 1.807) is 0 Å². The van der Waals surface area contributed by atoms with Crippen molar-refractivity contribution < 1.29 is 19.4 Å². The molecule has 0 aromatic heterocycles. The van der Waals surface area contributed by atoms with E-state index in [-0.39, 0.29) is 6.61 Å². The molecule has 0 aliphatic rings. The second-order valence-corrected chi connectivity index (χ2v) is 3.29. The molecule has 0 radical (unpaired) electrons. The third kappa shape index (κ3) is 2.76. The number of rotatable bonds is 4. The number of amides is 1. The lowest BCUT2D eigenvalue weighted by Crippen LogP contribution is -2.50. The third-order valence-electron chi connectivity index (χ3n) is 1.96. The zero-order chi connectivity index (χ0) is 11.4. The van der Waals surface area contributed by atoms with Gasteiger partial charge in [0, 0.05) is 7.05 Å². The smallest absolute Gasteiger partial charge is 0.410 e. The molecule has 1 amide bonds. The second kappa shape index (κ2) is 4.64. The molecule has 0 rings (SSSR count). The molecule has 0 saturated carbocycles. The molecule has 0 aromatic rings. The van der Waals surface area contributed by atoms with E-state index >= 15 is 0 Å². The van der Waals surface area contributed by atoms with Gasteiger partial charge in [0.15, 0.2) is 0 Å². The van der Waals surface area contributed by atoms with Crippen LogP contribution in [-0.2, 0) is 9.53 Å². The minimum Gasteiger partial charge on any atom is -0.480 e. The first-order chi connectivity index (χ1) is 6.34. The van der Waals surface area contributed by atoms with E-state index in [0.717, 1.165) is 4.90 Å². The molecule has 1 N–H and O–H groups in total. The first kappa shape index (κ1) is 12.5. The lowest BCUT2D eigenvalue weighted by Gasteiger charge is -2.30. The van der Waals surface area contributed by atoms with Crippen molar-refractivity contribution in [3.63, 3.8) is 0 Å². The fourth-order valence-electron chi connectivity index (χ4n) is 0.599. The third-order valence-corrected chi connectivity index (χ3v) is 1.96. The average molecular weight is 201 g/mol. The van der Waals surface area contributed by atoms with Crippen LogP contribution in [0.3, 0.4) is 0 Å². The van der Waals surface area contributed by atoms with Crippen LogP contribution < -0.4 is 0 Å². The monoisotopic (exact) mass is 201 g/mol. The van der Waals surface area contributed by atoms with Crippen molar-refractivity contribution in [3.05, 3.63) is 12.7 Å². The molecule has 5 heteroatoms. The summed E-state index contributed by atoms with van der Waals surface area (Å²) >= 11 is 0.